The summed E-state index contributed by atoms with van der Waals surface area (Å²) in [6.45, 7) is 9.53. The molecule has 1 N–H and O–H groups in total. The zero-order valence-corrected chi connectivity index (χ0v) is 11.2. The van der Waals surface area contributed by atoms with E-state index in [-0.39, 0.29) is 5.41 Å². The molecule has 0 aliphatic heterocycles. The van der Waals surface area contributed by atoms with Crippen LogP contribution in [-0.2, 0) is 9.47 Å². The number of rotatable bonds is 8. The van der Waals surface area contributed by atoms with Crippen molar-refractivity contribution in [2.45, 2.75) is 52.2 Å². The van der Waals surface area contributed by atoms with Gasteiger partial charge in [-0.1, -0.05) is 20.8 Å². The van der Waals surface area contributed by atoms with Gasteiger partial charge in [-0.05, 0) is 25.8 Å². The molecule has 1 aliphatic carbocycles. The first-order valence-corrected chi connectivity index (χ1v) is 6.46. The van der Waals surface area contributed by atoms with Crippen LogP contribution < -0.4 is 5.32 Å². The van der Waals surface area contributed by atoms with E-state index in [1.165, 1.54) is 6.42 Å². The maximum atomic E-state index is 5.89. The molecule has 3 nitrogen and oxygen atoms in total. The number of hydrogen-bond donors (Lipinski definition) is 1. The van der Waals surface area contributed by atoms with Crippen molar-refractivity contribution in [2.75, 3.05) is 26.9 Å². The van der Waals surface area contributed by atoms with E-state index in [2.05, 4.69) is 26.1 Å². The molecule has 0 aromatic rings. The van der Waals surface area contributed by atoms with Gasteiger partial charge >= 0.3 is 0 Å². The Morgan fingerprint density at radius 3 is 2.62 bits per heavy atom. The van der Waals surface area contributed by atoms with Crippen LogP contribution in [0.15, 0.2) is 0 Å². The number of methoxy groups -OCH3 is 1. The van der Waals surface area contributed by atoms with Gasteiger partial charge in [-0.3, -0.25) is 0 Å². The molecule has 2 unspecified atom stereocenters. The largest absolute Gasteiger partial charge is 0.385 e. The maximum absolute atomic E-state index is 5.89. The molecular formula is C13H27NO2. The Kier molecular flexibility index (Phi) is 5.73. The molecule has 1 rings (SSSR count). The number of ether oxygens (including phenoxy) is 2. The average molecular weight is 229 g/mol. The Labute approximate surface area is 99.9 Å². The molecule has 0 heterocycles. The number of hydrogen-bond acceptors (Lipinski definition) is 3. The summed E-state index contributed by atoms with van der Waals surface area (Å²) in [6.07, 6.45) is 3.76. The standard InChI is InChI=1S/C13H27NO2/c1-5-7-14-11-10-12(13(11,2)3)16-9-6-8-15-4/h11-12,14H,5-10H2,1-4H3. The highest BCUT2D eigenvalue weighted by Gasteiger charge is 2.48. The fourth-order valence-electron chi connectivity index (χ4n) is 2.26. The van der Waals surface area contributed by atoms with Crippen LogP contribution in [0.1, 0.15) is 40.0 Å². The lowest BCUT2D eigenvalue weighted by molar-refractivity contribution is -0.119. The third-order valence-electron chi connectivity index (χ3n) is 3.63. The second-order valence-corrected chi connectivity index (χ2v) is 5.27. The topological polar surface area (TPSA) is 30.5 Å². The number of nitrogens with one attached hydrogen (secondary N) is 1. The van der Waals surface area contributed by atoms with Gasteiger partial charge in [0, 0.05) is 31.8 Å². The molecule has 16 heavy (non-hydrogen) atoms. The van der Waals surface area contributed by atoms with E-state index in [1.54, 1.807) is 7.11 Å². The van der Waals surface area contributed by atoms with E-state index in [0.717, 1.165) is 32.6 Å². The van der Waals surface area contributed by atoms with Gasteiger partial charge in [-0.25, -0.2) is 0 Å². The van der Waals surface area contributed by atoms with Gasteiger partial charge in [0.15, 0.2) is 0 Å². The van der Waals surface area contributed by atoms with Crippen LogP contribution >= 0.6 is 0 Å². The van der Waals surface area contributed by atoms with Crippen molar-refractivity contribution in [3.63, 3.8) is 0 Å². The summed E-state index contributed by atoms with van der Waals surface area (Å²) in [5.74, 6) is 0. The van der Waals surface area contributed by atoms with Crippen LogP contribution in [0, 0.1) is 5.41 Å². The average Bonchev–Trinajstić information content (AvgIpc) is 2.26. The van der Waals surface area contributed by atoms with E-state index in [4.69, 9.17) is 9.47 Å². The fraction of sp³-hybridized carbons (Fsp3) is 1.00. The lowest BCUT2D eigenvalue weighted by Gasteiger charge is -2.52. The van der Waals surface area contributed by atoms with Gasteiger partial charge in [0.1, 0.15) is 0 Å². The van der Waals surface area contributed by atoms with Gasteiger partial charge in [0.05, 0.1) is 6.10 Å². The molecule has 0 radical (unpaired) electrons. The first-order chi connectivity index (χ1) is 7.62. The fourth-order valence-corrected chi connectivity index (χ4v) is 2.26. The van der Waals surface area contributed by atoms with Gasteiger partial charge in [0.2, 0.25) is 0 Å². The Morgan fingerprint density at radius 2 is 2.06 bits per heavy atom. The van der Waals surface area contributed by atoms with Crippen LogP contribution in [0.25, 0.3) is 0 Å². The van der Waals surface area contributed by atoms with Crippen molar-refractivity contribution >= 4 is 0 Å². The van der Waals surface area contributed by atoms with E-state index < -0.39 is 0 Å². The van der Waals surface area contributed by atoms with Crippen molar-refractivity contribution in [2.24, 2.45) is 5.41 Å². The monoisotopic (exact) mass is 229 g/mol. The lowest BCUT2D eigenvalue weighted by atomic mass is 9.64. The third-order valence-corrected chi connectivity index (χ3v) is 3.63. The third kappa shape index (κ3) is 3.44. The van der Waals surface area contributed by atoms with Crippen LogP contribution in [0.3, 0.4) is 0 Å². The molecular weight excluding hydrogens is 202 g/mol. The first kappa shape index (κ1) is 13.9. The Morgan fingerprint density at radius 1 is 1.31 bits per heavy atom. The van der Waals surface area contributed by atoms with Gasteiger partial charge < -0.3 is 14.8 Å². The summed E-state index contributed by atoms with van der Waals surface area (Å²) in [5.41, 5.74) is 0.280. The lowest BCUT2D eigenvalue weighted by Crippen LogP contribution is -2.61. The molecule has 2 atom stereocenters. The minimum atomic E-state index is 0.280. The second-order valence-electron chi connectivity index (χ2n) is 5.27. The summed E-state index contributed by atoms with van der Waals surface area (Å²) in [7, 11) is 1.73. The zero-order valence-electron chi connectivity index (χ0n) is 11.2. The van der Waals surface area contributed by atoms with E-state index in [0.29, 0.717) is 12.1 Å². The predicted octanol–water partition coefficient (Wildman–Crippen LogP) is 2.21. The van der Waals surface area contributed by atoms with Crippen molar-refractivity contribution in [3.8, 4) is 0 Å². The molecule has 3 heteroatoms. The van der Waals surface area contributed by atoms with Crippen LogP contribution in [0.2, 0.25) is 0 Å². The first-order valence-electron chi connectivity index (χ1n) is 6.46. The molecule has 0 spiro atoms. The Hall–Kier alpha value is -0.120. The molecule has 0 aromatic heterocycles. The molecule has 0 saturated heterocycles. The van der Waals surface area contributed by atoms with Gasteiger partial charge in [-0.15, -0.1) is 0 Å². The summed E-state index contributed by atoms with van der Waals surface area (Å²) < 4.78 is 10.9. The Bertz CT molecular complexity index is 192. The van der Waals surface area contributed by atoms with Crippen molar-refractivity contribution in [1.82, 2.24) is 5.32 Å². The molecule has 1 fully saturated rings. The molecule has 96 valence electrons. The predicted molar refractivity (Wildman–Crippen MR) is 66.7 cm³/mol. The summed E-state index contributed by atoms with van der Waals surface area (Å²) in [5, 5.41) is 3.59. The molecule has 0 bridgehead atoms. The van der Waals surface area contributed by atoms with Crippen LogP contribution in [0.4, 0.5) is 0 Å². The van der Waals surface area contributed by atoms with Crippen molar-refractivity contribution in [1.29, 1.82) is 0 Å². The maximum Gasteiger partial charge on any atom is 0.0655 e. The zero-order chi connectivity index (χ0) is 12.0. The highest BCUT2D eigenvalue weighted by Crippen LogP contribution is 2.42. The van der Waals surface area contributed by atoms with Crippen LogP contribution in [0.5, 0.6) is 0 Å². The minimum absolute atomic E-state index is 0.280. The molecule has 0 aromatic carbocycles. The van der Waals surface area contributed by atoms with Gasteiger partial charge in [-0.2, -0.15) is 0 Å². The molecule has 1 aliphatic rings. The SMILES string of the molecule is CCCNC1CC(OCCCOC)C1(C)C. The van der Waals surface area contributed by atoms with Crippen LogP contribution in [-0.4, -0.2) is 39.0 Å². The van der Waals surface area contributed by atoms with Crippen molar-refractivity contribution in [3.05, 3.63) is 0 Å². The summed E-state index contributed by atoms with van der Waals surface area (Å²) in [4.78, 5) is 0. The highest BCUT2D eigenvalue weighted by atomic mass is 16.5. The molecule has 1 saturated carbocycles. The van der Waals surface area contributed by atoms with Gasteiger partial charge in [0.25, 0.3) is 0 Å². The van der Waals surface area contributed by atoms with E-state index >= 15 is 0 Å². The van der Waals surface area contributed by atoms with E-state index in [9.17, 15) is 0 Å². The summed E-state index contributed by atoms with van der Waals surface area (Å²) in [6, 6.07) is 0.625. The normalized spacial score (nSPS) is 27.8. The Balaban J connectivity index is 2.16. The smallest absolute Gasteiger partial charge is 0.0655 e. The van der Waals surface area contributed by atoms with Crippen molar-refractivity contribution < 1.29 is 9.47 Å². The summed E-state index contributed by atoms with van der Waals surface area (Å²) >= 11 is 0. The minimum Gasteiger partial charge on any atom is -0.385 e. The van der Waals surface area contributed by atoms with E-state index in [1.807, 2.05) is 0 Å². The second kappa shape index (κ2) is 6.58. The molecule has 0 amide bonds. The highest BCUT2D eigenvalue weighted by molar-refractivity contribution is 5.02. The quantitative estimate of drug-likeness (QED) is 0.647.